The number of nitrogens with zero attached hydrogens (tertiary/aromatic N) is 3. The molecule has 0 spiro atoms. The van der Waals surface area contributed by atoms with Gasteiger partial charge in [-0.25, -0.2) is 9.07 Å². The largest absolute Gasteiger partial charge is 0.495 e. The number of carbonyl (C=O) groups is 1. The van der Waals surface area contributed by atoms with Gasteiger partial charge in [-0.3, -0.25) is 4.79 Å². The van der Waals surface area contributed by atoms with E-state index in [0.717, 1.165) is 24.2 Å². The number of halogens is 2. The lowest BCUT2D eigenvalue weighted by atomic mass is 10.0. The van der Waals surface area contributed by atoms with E-state index in [1.165, 1.54) is 36.0 Å². The monoisotopic (exact) mass is 461 g/mol. The Hall–Kier alpha value is -2.78. The molecule has 2 heterocycles. The van der Waals surface area contributed by atoms with E-state index < -0.39 is 11.3 Å². The van der Waals surface area contributed by atoms with Crippen molar-refractivity contribution in [2.24, 2.45) is 0 Å². The van der Waals surface area contributed by atoms with Crippen molar-refractivity contribution in [3.63, 3.8) is 0 Å². The Balaban J connectivity index is 1.68. The highest BCUT2D eigenvalue weighted by molar-refractivity contribution is 8.00. The number of nitrogens with one attached hydrogen (secondary N) is 2. The molecule has 0 saturated carbocycles. The third-order valence-corrected chi connectivity index (χ3v) is 6.39. The van der Waals surface area contributed by atoms with E-state index in [1.807, 2.05) is 10.7 Å². The van der Waals surface area contributed by atoms with Crippen LogP contribution in [0.25, 0.3) is 0 Å². The lowest BCUT2D eigenvalue weighted by Crippen LogP contribution is -2.41. The molecule has 1 aliphatic rings. The molecular weight excluding hydrogens is 441 g/mol. The summed E-state index contributed by atoms with van der Waals surface area (Å²) >= 11 is 7.67. The molecule has 2 N–H and O–H groups in total. The number of fused-ring (bicyclic) bond motifs is 1. The van der Waals surface area contributed by atoms with Gasteiger partial charge in [0.25, 0.3) is 0 Å². The summed E-state index contributed by atoms with van der Waals surface area (Å²) in [6, 6.07) is 10.7. The third kappa shape index (κ3) is 4.47. The normalized spacial score (nSPS) is 17.5. The molecule has 1 aromatic heterocycles. The summed E-state index contributed by atoms with van der Waals surface area (Å²) in [5.74, 6) is 0.742. The van der Waals surface area contributed by atoms with Crippen molar-refractivity contribution in [3.8, 4) is 5.75 Å². The molecule has 1 amide bonds. The molecule has 1 aliphatic heterocycles. The number of hydrogen-bond acceptors (Lipinski definition) is 6. The molecule has 7 nitrogen and oxygen atoms in total. The van der Waals surface area contributed by atoms with Gasteiger partial charge in [-0.1, -0.05) is 36.4 Å². The first-order chi connectivity index (χ1) is 15.0. The molecule has 2 atom stereocenters. The van der Waals surface area contributed by atoms with Crippen LogP contribution in [0.1, 0.15) is 30.8 Å². The van der Waals surface area contributed by atoms with Gasteiger partial charge in [0.1, 0.15) is 16.8 Å². The predicted molar refractivity (Wildman–Crippen MR) is 119 cm³/mol. The first-order valence-electron chi connectivity index (χ1n) is 9.77. The molecule has 0 bridgehead atoms. The van der Waals surface area contributed by atoms with E-state index in [9.17, 15) is 9.18 Å². The zero-order valence-electron chi connectivity index (χ0n) is 16.9. The SMILES string of the molecule is CCCc1nnc2n1N[C@@H](c1ccc(OC)c(Cl)c1)[C@@H](C(=O)Nc1ccc(F)cc1)S2. The average molecular weight is 462 g/mol. The van der Waals surface area contributed by atoms with Crippen molar-refractivity contribution in [1.82, 2.24) is 14.9 Å². The molecule has 0 saturated heterocycles. The van der Waals surface area contributed by atoms with Crippen molar-refractivity contribution in [2.45, 2.75) is 36.2 Å². The average Bonchev–Trinajstić information content (AvgIpc) is 3.16. The van der Waals surface area contributed by atoms with E-state index in [2.05, 4.69) is 27.9 Å². The highest BCUT2D eigenvalue weighted by Crippen LogP contribution is 2.39. The lowest BCUT2D eigenvalue weighted by molar-refractivity contribution is -0.116. The van der Waals surface area contributed by atoms with Gasteiger partial charge in [0.05, 0.1) is 18.2 Å². The number of hydrogen-bond donors (Lipinski definition) is 2. The number of anilines is 1. The van der Waals surface area contributed by atoms with Gasteiger partial charge in [0, 0.05) is 12.1 Å². The number of aromatic nitrogens is 3. The Morgan fingerprint density at radius 2 is 2.06 bits per heavy atom. The van der Waals surface area contributed by atoms with Crippen molar-refractivity contribution in [1.29, 1.82) is 0 Å². The minimum Gasteiger partial charge on any atom is -0.495 e. The molecule has 3 aromatic rings. The van der Waals surface area contributed by atoms with E-state index in [1.54, 1.807) is 19.2 Å². The van der Waals surface area contributed by atoms with E-state index in [4.69, 9.17) is 16.3 Å². The van der Waals surface area contributed by atoms with Crippen LogP contribution in [0.3, 0.4) is 0 Å². The molecule has 31 heavy (non-hydrogen) atoms. The summed E-state index contributed by atoms with van der Waals surface area (Å²) in [5.41, 5.74) is 4.72. The maximum absolute atomic E-state index is 13.2. The third-order valence-electron chi connectivity index (χ3n) is 4.88. The number of ether oxygens (including phenoxy) is 1. The summed E-state index contributed by atoms with van der Waals surface area (Å²) in [7, 11) is 1.55. The molecule has 0 aliphatic carbocycles. The first-order valence-corrected chi connectivity index (χ1v) is 11.0. The molecule has 0 radical (unpaired) electrons. The molecular formula is C21H21ClFN5O2S. The molecule has 4 rings (SSSR count). The number of methoxy groups -OCH3 is 1. The van der Waals surface area contributed by atoms with Gasteiger partial charge in [-0.2, -0.15) is 0 Å². The quantitative estimate of drug-likeness (QED) is 0.565. The smallest absolute Gasteiger partial charge is 0.240 e. The van der Waals surface area contributed by atoms with E-state index in [0.29, 0.717) is 21.6 Å². The fourth-order valence-electron chi connectivity index (χ4n) is 3.36. The second kappa shape index (κ2) is 9.15. The first kappa shape index (κ1) is 21.5. The van der Waals surface area contributed by atoms with Crippen LogP contribution < -0.4 is 15.5 Å². The summed E-state index contributed by atoms with van der Waals surface area (Å²) < 4.78 is 20.3. The zero-order valence-corrected chi connectivity index (χ0v) is 18.5. The van der Waals surface area contributed by atoms with Crippen LogP contribution in [0, 0.1) is 5.82 Å². The van der Waals surface area contributed by atoms with Crippen LogP contribution in [-0.4, -0.2) is 33.1 Å². The summed E-state index contributed by atoms with van der Waals surface area (Å²) in [4.78, 5) is 13.2. The standard InChI is InChI=1S/C21H21ClFN5O2S/c1-3-4-17-25-26-21-28(17)27-18(12-5-10-16(30-2)15(22)11-12)19(31-21)20(29)24-14-8-6-13(23)7-9-14/h5-11,18-19,27H,3-4H2,1-2H3,(H,24,29)/t18-,19-/m0/s1. The van der Waals surface area contributed by atoms with Gasteiger partial charge >= 0.3 is 0 Å². The number of amides is 1. The minimum atomic E-state index is -0.569. The number of rotatable bonds is 6. The van der Waals surface area contributed by atoms with Crippen LogP contribution in [0.2, 0.25) is 5.02 Å². The maximum atomic E-state index is 13.2. The lowest BCUT2D eigenvalue weighted by Gasteiger charge is -2.33. The molecule has 0 fully saturated rings. The van der Waals surface area contributed by atoms with E-state index in [-0.39, 0.29) is 11.7 Å². The number of thioether (sulfide) groups is 1. The van der Waals surface area contributed by atoms with Crippen LogP contribution in [0.4, 0.5) is 10.1 Å². The molecule has 2 aromatic carbocycles. The van der Waals surface area contributed by atoms with Crippen LogP contribution in [0.15, 0.2) is 47.6 Å². The second-order valence-corrected chi connectivity index (χ2v) is 8.54. The number of aryl methyl sites for hydroxylation is 1. The molecule has 10 heteroatoms. The Morgan fingerprint density at radius 1 is 1.29 bits per heavy atom. The summed E-state index contributed by atoms with van der Waals surface area (Å²) in [6.45, 7) is 2.07. The van der Waals surface area contributed by atoms with Gasteiger partial charge in [0.15, 0.2) is 5.82 Å². The van der Waals surface area contributed by atoms with Crippen molar-refractivity contribution in [3.05, 3.63) is 64.7 Å². The molecule has 162 valence electrons. The highest BCUT2D eigenvalue weighted by atomic mass is 35.5. The van der Waals surface area contributed by atoms with Crippen LogP contribution >= 0.6 is 23.4 Å². The Bertz CT molecular complexity index is 1090. The summed E-state index contributed by atoms with van der Waals surface area (Å²) in [5, 5.41) is 11.8. The van der Waals surface area contributed by atoms with Crippen LogP contribution in [0.5, 0.6) is 5.75 Å². The van der Waals surface area contributed by atoms with Crippen molar-refractivity contribution < 1.29 is 13.9 Å². The maximum Gasteiger partial charge on any atom is 0.240 e. The van der Waals surface area contributed by atoms with Gasteiger partial charge < -0.3 is 15.5 Å². The second-order valence-electron chi connectivity index (χ2n) is 7.02. The Kier molecular flexibility index (Phi) is 6.33. The fourth-order valence-corrected chi connectivity index (χ4v) is 4.72. The topological polar surface area (TPSA) is 81.1 Å². The molecule has 0 unspecified atom stereocenters. The number of benzene rings is 2. The van der Waals surface area contributed by atoms with Gasteiger partial charge in [-0.05, 0) is 48.4 Å². The Morgan fingerprint density at radius 3 is 2.74 bits per heavy atom. The van der Waals surface area contributed by atoms with Gasteiger partial charge in [-0.15, -0.1) is 10.2 Å². The van der Waals surface area contributed by atoms with Gasteiger partial charge in [0.2, 0.25) is 11.1 Å². The summed E-state index contributed by atoms with van der Waals surface area (Å²) in [6.07, 6.45) is 1.67. The number of carbonyl (C=O) groups excluding carboxylic acids is 1. The van der Waals surface area contributed by atoms with Crippen molar-refractivity contribution in [2.75, 3.05) is 17.9 Å². The highest BCUT2D eigenvalue weighted by Gasteiger charge is 2.38. The van der Waals surface area contributed by atoms with E-state index >= 15 is 0 Å². The Labute approximate surface area is 188 Å². The predicted octanol–water partition coefficient (Wildman–Crippen LogP) is 4.43. The van der Waals surface area contributed by atoms with Crippen molar-refractivity contribution >= 4 is 35.0 Å². The fraction of sp³-hybridized carbons (Fsp3) is 0.286. The zero-order chi connectivity index (χ0) is 22.0. The van der Waals surface area contributed by atoms with Crippen LogP contribution in [-0.2, 0) is 11.2 Å². The minimum absolute atomic E-state index is 0.243.